The average molecular weight is 426 g/mol. The Hall–Kier alpha value is -2.38. The van der Waals surface area contributed by atoms with E-state index in [9.17, 15) is 0 Å². The lowest BCUT2D eigenvalue weighted by atomic mass is 9.89. The Balaban J connectivity index is 1.15. The van der Waals surface area contributed by atoms with Crippen molar-refractivity contribution in [2.45, 2.75) is 45.3 Å². The Morgan fingerprint density at radius 1 is 1.26 bits per heavy atom. The number of ether oxygens (including phenoxy) is 1. The molecule has 1 fully saturated rings. The van der Waals surface area contributed by atoms with Crippen molar-refractivity contribution in [3.63, 3.8) is 0 Å². The molecule has 168 valence electrons. The fourth-order valence-corrected chi connectivity index (χ4v) is 4.55. The van der Waals surface area contributed by atoms with E-state index in [1.807, 2.05) is 20.0 Å². The topological polar surface area (TPSA) is 66.1 Å². The van der Waals surface area contributed by atoms with Crippen LogP contribution in [0.4, 0.5) is 0 Å². The molecule has 0 radical (unpaired) electrons. The van der Waals surface area contributed by atoms with E-state index in [0.29, 0.717) is 0 Å². The normalized spacial score (nSPS) is 20.0. The highest BCUT2D eigenvalue weighted by atomic mass is 16.5. The molecule has 7 nitrogen and oxygen atoms in total. The van der Waals surface area contributed by atoms with Crippen LogP contribution in [0.15, 0.2) is 39.8 Å². The Bertz CT molecular complexity index is 857. The maximum Gasteiger partial charge on any atom is 0.193 e. The van der Waals surface area contributed by atoms with Gasteiger partial charge in [0.1, 0.15) is 5.76 Å². The third kappa shape index (κ3) is 5.86. The highest BCUT2D eigenvalue weighted by molar-refractivity contribution is 5.79. The van der Waals surface area contributed by atoms with Crippen molar-refractivity contribution in [3.05, 3.63) is 52.9 Å². The number of aliphatic imine (C=N–C) groups is 1. The number of nitrogens with zero attached hydrogens (tertiary/aromatic N) is 4. The first-order chi connectivity index (χ1) is 15.2. The fourth-order valence-electron chi connectivity index (χ4n) is 4.55. The van der Waals surface area contributed by atoms with Crippen molar-refractivity contribution in [2.75, 3.05) is 46.4 Å². The molecule has 0 spiro atoms. The van der Waals surface area contributed by atoms with E-state index >= 15 is 0 Å². The lowest BCUT2D eigenvalue weighted by Crippen LogP contribution is -2.52. The van der Waals surface area contributed by atoms with E-state index < -0.39 is 0 Å². The van der Waals surface area contributed by atoms with Crippen molar-refractivity contribution in [3.8, 4) is 0 Å². The third-order valence-corrected chi connectivity index (χ3v) is 6.18. The van der Waals surface area contributed by atoms with E-state index in [-0.39, 0.29) is 6.10 Å². The van der Waals surface area contributed by atoms with Gasteiger partial charge < -0.3 is 19.5 Å². The van der Waals surface area contributed by atoms with Crippen LogP contribution >= 0.6 is 0 Å². The van der Waals surface area contributed by atoms with E-state index in [4.69, 9.17) is 9.26 Å². The minimum atomic E-state index is 0.255. The van der Waals surface area contributed by atoms with Crippen LogP contribution < -0.4 is 5.32 Å². The van der Waals surface area contributed by atoms with Gasteiger partial charge in [-0.15, -0.1) is 0 Å². The van der Waals surface area contributed by atoms with Crippen molar-refractivity contribution in [1.82, 2.24) is 20.3 Å². The maximum absolute atomic E-state index is 6.23. The second kappa shape index (κ2) is 10.8. The summed E-state index contributed by atoms with van der Waals surface area (Å²) in [6, 6.07) is 10.7. The number of hydrogen-bond acceptors (Lipinski definition) is 5. The van der Waals surface area contributed by atoms with Crippen molar-refractivity contribution in [1.29, 1.82) is 0 Å². The molecular formula is C24H35N5O2. The summed E-state index contributed by atoms with van der Waals surface area (Å²) < 4.78 is 11.4. The molecule has 1 aliphatic carbocycles. The van der Waals surface area contributed by atoms with E-state index in [1.54, 1.807) is 0 Å². The van der Waals surface area contributed by atoms with Gasteiger partial charge in [-0.2, -0.15) is 0 Å². The summed E-state index contributed by atoms with van der Waals surface area (Å²) in [5.41, 5.74) is 3.85. The summed E-state index contributed by atoms with van der Waals surface area (Å²) in [5, 5.41) is 7.62. The standard InChI is InChI=1S/C24H35N5O2/c1-19-17-21(27-31-19)18-28-12-14-29(15-13-28)24(25-2)26-11-6-16-30-23-10-5-8-20-7-3-4-9-22(20)23/h3-4,7,9,17,23H,5-6,8,10-16,18H2,1-2H3,(H,25,26). The van der Waals surface area contributed by atoms with E-state index in [1.165, 1.54) is 24.0 Å². The molecule has 1 unspecified atom stereocenters. The predicted molar refractivity (Wildman–Crippen MR) is 122 cm³/mol. The molecule has 2 heterocycles. The van der Waals surface area contributed by atoms with E-state index in [0.717, 1.165) is 76.1 Å². The molecule has 2 aliphatic rings. The van der Waals surface area contributed by atoms with Gasteiger partial charge in [-0.1, -0.05) is 29.4 Å². The summed E-state index contributed by atoms with van der Waals surface area (Å²) in [5.74, 6) is 1.86. The zero-order chi connectivity index (χ0) is 21.5. The van der Waals surface area contributed by atoms with Crippen LogP contribution in [0, 0.1) is 6.92 Å². The number of rotatable bonds is 7. The van der Waals surface area contributed by atoms with Crippen LogP contribution in [0.25, 0.3) is 0 Å². The van der Waals surface area contributed by atoms with Gasteiger partial charge in [-0.25, -0.2) is 0 Å². The first-order valence-corrected chi connectivity index (χ1v) is 11.5. The number of guanidine groups is 1. The minimum absolute atomic E-state index is 0.255. The quantitative estimate of drug-likeness (QED) is 0.418. The molecular weight excluding hydrogens is 390 g/mol. The summed E-state index contributed by atoms with van der Waals surface area (Å²) in [6.45, 7) is 8.35. The van der Waals surface area contributed by atoms with Crippen molar-refractivity contribution < 1.29 is 9.26 Å². The van der Waals surface area contributed by atoms with Crippen LogP contribution in [-0.2, 0) is 17.7 Å². The highest BCUT2D eigenvalue weighted by Gasteiger charge is 2.21. The molecule has 1 atom stereocenters. The number of fused-ring (bicyclic) bond motifs is 1. The number of aromatic nitrogens is 1. The van der Waals surface area contributed by atoms with Crippen molar-refractivity contribution in [2.24, 2.45) is 4.99 Å². The number of piperazine rings is 1. The molecule has 2 aromatic rings. The number of hydrogen-bond donors (Lipinski definition) is 1. The Morgan fingerprint density at radius 3 is 2.87 bits per heavy atom. The third-order valence-electron chi connectivity index (χ3n) is 6.18. The monoisotopic (exact) mass is 425 g/mol. The van der Waals surface area contributed by atoms with Gasteiger partial charge >= 0.3 is 0 Å². The second-order valence-electron chi connectivity index (χ2n) is 8.47. The SMILES string of the molecule is CN=C(NCCCOC1CCCc2ccccc21)N1CCN(Cc2cc(C)on2)CC1. The van der Waals surface area contributed by atoms with Crippen molar-refractivity contribution >= 4 is 5.96 Å². The zero-order valence-electron chi connectivity index (χ0n) is 18.8. The number of aryl methyl sites for hydroxylation is 2. The van der Waals surface area contributed by atoms with Crippen LogP contribution in [0.3, 0.4) is 0 Å². The van der Waals surface area contributed by atoms with Gasteiger partial charge in [0.15, 0.2) is 5.96 Å². The molecule has 7 heteroatoms. The number of benzene rings is 1. The Morgan fingerprint density at radius 2 is 2.10 bits per heavy atom. The summed E-state index contributed by atoms with van der Waals surface area (Å²) >= 11 is 0. The van der Waals surface area contributed by atoms with Gasteiger partial charge in [0.25, 0.3) is 0 Å². The molecule has 1 aliphatic heterocycles. The predicted octanol–water partition coefficient (Wildman–Crippen LogP) is 3.16. The summed E-state index contributed by atoms with van der Waals surface area (Å²) in [7, 11) is 1.86. The first kappa shape index (κ1) is 21.8. The van der Waals surface area contributed by atoms with Crippen LogP contribution in [0.2, 0.25) is 0 Å². The lowest BCUT2D eigenvalue weighted by molar-refractivity contribution is 0.0397. The van der Waals surface area contributed by atoms with Gasteiger partial charge in [0, 0.05) is 59.0 Å². The average Bonchev–Trinajstić information content (AvgIpc) is 3.21. The largest absolute Gasteiger partial charge is 0.373 e. The molecule has 4 rings (SSSR count). The molecule has 31 heavy (non-hydrogen) atoms. The maximum atomic E-state index is 6.23. The molecule has 0 saturated carbocycles. The lowest BCUT2D eigenvalue weighted by Gasteiger charge is -2.36. The van der Waals surface area contributed by atoms with Gasteiger partial charge in [0.2, 0.25) is 0 Å². The van der Waals surface area contributed by atoms with Crippen LogP contribution in [-0.4, -0.2) is 67.3 Å². The fraction of sp³-hybridized carbons (Fsp3) is 0.583. The molecule has 1 N–H and O–H groups in total. The molecule has 1 aromatic heterocycles. The van der Waals surface area contributed by atoms with Gasteiger partial charge in [-0.05, 0) is 43.7 Å². The molecule has 1 aromatic carbocycles. The van der Waals surface area contributed by atoms with Gasteiger partial charge in [0.05, 0.1) is 11.8 Å². The molecule has 0 amide bonds. The zero-order valence-corrected chi connectivity index (χ0v) is 18.8. The molecule has 0 bridgehead atoms. The minimum Gasteiger partial charge on any atom is -0.373 e. The van der Waals surface area contributed by atoms with Gasteiger partial charge in [-0.3, -0.25) is 9.89 Å². The van der Waals surface area contributed by atoms with E-state index in [2.05, 4.69) is 49.5 Å². The summed E-state index contributed by atoms with van der Waals surface area (Å²) in [6.07, 6.45) is 4.76. The molecule has 1 saturated heterocycles. The Labute approximate surface area is 185 Å². The van der Waals surface area contributed by atoms with Crippen LogP contribution in [0.5, 0.6) is 0 Å². The van der Waals surface area contributed by atoms with Crippen LogP contribution in [0.1, 0.15) is 47.9 Å². The number of nitrogens with one attached hydrogen (secondary N) is 1. The highest BCUT2D eigenvalue weighted by Crippen LogP contribution is 2.32. The Kier molecular flexibility index (Phi) is 7.59. The smallest absolute Gasteiger partial charge is 0.193 e. The second-order valence-corrected chi connectivity index (χ2v) is 8.47. The first-order valence-electron chi connectivity index (χ1n) is 11.5. The summed E-state index contributed by atoms with van der Waals surface area (Å²) in [4.78, 5) is 9.24.